The predicted molar refractivity (Wildman–Crippen MR) is 274 cm³/mol. The van der Waals surface area contributed by atoms with E-state index in [1.165, 1.54) is 0 Å². The van der Waals surface area contributed by atoms with Crippen molar-refractivity contribution in [1.29, 1.82) is 5.26 Å². The maximum Gasteiger partial charge on any atom is 0.272 e. The van der Waals surface area contributed by atoms with E-state index >= 15 is 0 Å². The van der Waals surface area contributed by atoms with Crippen LogP contribution in [0.25, 0.3) is 22.0 Å². The van der Waals surface area contributed by atoms with Crippen LogP contribution < -0.4 is 35.2 Å². The molecule has 71 heavy (non-hydrogen) atoms. The number of anilines is 5. The fraction of sp³-hybridized carbons (Fsp3) is 0.434. The van der Waals surface area contributed by atoms with Crippen molar-refractivity contribution in [3.8, 4) is 22.9 Å². The Balaban J connectivity index is 0.749. The summed E-state index contributed by atoms with van der Waals surface area (Å²) >= 11 is 6.18. The number of rotatable bonds is 11. The lowest BCUT2D eigenvalue weighted by atomic mass is 9.93. The Bertz CT molecular complexity index is 3040. The minimum Gasteiger partial charge on any atom is -0.490 e. The second kappa shape index (κ2) is 20.2. The summed E-state index contributed by atoms with van der Waals surface area (Å²) in [4.78, 5) is 38.0. The molecule has 3 aromatic carbocycles. The standard InChI is InChI=1S/C53H59ClF2N12O3/c1-33-23-43-46(64(4)53(33)70)24-38(25-47(43)68-22-17-62(2)48-27-41(36-30-58-63(3)32-36)42(51(55)56)28-49(48)68)66-20-18-65(19-21-66)31-34-13-15-67(16-14-34)50-12-11-45(60-61-50)52(69)59-37-6-9-39(10-7-37)71-40-8-5-35(29-57)44(54)26-40/h5,8,11-12,23-28,30,32,34,37,39,51H,6-7,9-10,13-22,31H2,1-4H3,(H,59,69). The van der Waals surface area contributed by atoms with Crippen LogP contribution in [0.1, 0.15) is 72.1 Å². The molecule has 10 rings (SSSR count). The van der Waals surface area contributed by atoms with Crippen LogP contribution >= 0.6 is 11.6 Å². The third kappa shape index (κ3) is 9.97. The van der Waals surface area contributed by atoms with Gasteiger partial charge in [-0.2, -0.15) is 10.4 Å². The maximum atomic E-state index is 14.9. The molecule has 0 atom stereocenters. The first kappa shape index (κ1) is 47.9. The van der Waals surface area contributed by atoms with Crippen LogP contribution in [0, 0.1) is 24.2 Å². The number of hydrogen-bond acceptors (Lipinski definition) is 12. The molecule has 0 spiro atoms. The number of piperazine rings is 1. The van der Waals surface area contributed by atoms with Crippen LogP contribution in [0.15, 0.2) is 77.9 Å². The van der Waals surface area contributed by atoms with E-state index in [-0.39, 0.29) is 29.2 Å². The number of benzene rings is 3. The first-order valence-corrected chi connectivity index (χ1v) is 25.0. The largest absolute Gasteiger partial charge is 0.490 e. The van der Waals surface area contributed by atoms with Crippen molar-refractivity contribution in [2.45, 2.75) is 64.0 Å². The van der Waals surface area contributed by atoms with Crippen LogP contribution in [-0.4, -0.2) is 113 Å². The third-order valence-corrected chi connectivity index (χ3v) is 15.3. The zero-order valence-electron chi connectivity index (χ0n) is 40.6. The highest BCUT2D eigenvalue weighted by atomic mass is 35.5. The third-order valence-electron chi connectivity index (χ3n) is 15.0. The van der Waals surface area contributed by atoms with E-state index in [1.807, 2.05) is 39.2 Å². The molecule has 1 aliphatic carbocycles. The molecule has 0 bridgehead atoms. The van der Waals surface area contributed by atoms with Gasteiger partial charge in [-0.25, -0.2) is 8.78 Å². The summed E-state index contributed by atoms with van der Waals surface area (Å²) < 4.78 is 39.3. The SMILES string of the molecule is Cc1cc2c(N3CCN(C)c4cc(-c5cnn(C)c5)c(C(F)F)cc43)cc(N3CCN(CC4CCN(c5ccc(C(=O)NC6CCC(Oc7ccc(C#N)c(Cl)c7)CC6)nn5)CC4)CC3)cc2n(C)c1=O. The van der Waals surface area contributed by atoms with Crippen LogP contribution in [0.3, 0.4) is 0 Å². The Morgan fingerprint density at radius 2 is 1.63 bits per heavy atom. The Labute approximate surface area is 417 Å². The maximum absolute atomic E-state index is 14.9. The topological polar surface area (TPSA) is 144 Å². The van der Waals surface area contributed by atoms with Crippen molar-refractivity contribution in [2.24, 2.45) is 20.0 Å². The number of pyridine rings is 1. The quantitative estimate of drug-likeness (QED) is 0.134. The van der Waals surface area contributed by atoms with Gasteiger partial charge in [-0.1, -0.05) is 11.6 Å². The van der Waals surface area contributed by atoms with Gasteiger partial charge in [0.15, 0.2) is 11.5 Å². The minimum atomic E-state index is -2.69. The fourth-order valence-electron chi connectivity index (χ4n) is 10.9. The summed E-state index contributed by atoms with van der Waals surface area (Å²) in [6.07, 6.45) is 5.91. The van der Waals surface area contributed by atoms with E-state index in [1.54, 1.807) is 59.0 Å². The van der Waals surface area contributed by atoms with Gasteiger partial charge >= 0.3 is 0 Å². The minimum absolute atomic E-state index is 0.0129. The average Bonchev–Trinajstić information content (AvgIpc) is 3.82. The number of likely N-dealkylation sites (N-methyl/N-ethyl adjacent to an activating group) is 1. The molecule has 6 heterocycles. The van der Waals surface area contributed by atoms with Gasteiger partial charge in [-0.3, -0.25) is 19.2 Å². The van der Waals surface area contributed by atoms with Crippen molar-refractivity contribution in [1.82, 2.24) is 34.8 Å². The van der Waals surface area contributed by atoms with Gasteiger partial charge in [0.25, 0.3) is 17.9 Å². The van der Waals surface area contributed by atoms with Gasteiger partial charge in [-0.15, -0.1) is 10.2 Å². The van der Waals surface area contributed by atoms with E-state index in [9.17, 15) is 18.4 Å². The molecular weight excluding hydrogens is 926 g/mol. The molecule has 3 aliphatic heterocycles. The molecule has 0 radical (unpaired) electrons. The number of piperidine rings is 1. The molecule has 3 fully saturated rings. The predicted octanol–water partition coefficient (Wildman–Crippen LogP) is 8.25. The number of aryl methyl sites for hydroxylation is 3. The van der Waals surface area contributed by atoms with E-state index < -0.39 is 6.43 Å². The number of carbonyl (C=O) groups excluding carboxylic acids is 1. The summed E-state index contributed by atoms with van der Waals surface area (Å²) in [5.41, 5.74) is 6.63. The molecule has 1 N–H and O–H groups in total. The molecule has 0 unspecified atom stereocenters. The van der Waals surface area contributed by atoms with Gasteiger partial charge < -0.3 is 34.2 Å². The van der Waals surface area contributed by atoms with Crippen molar-refractivity contribution < 1.29 is 18.3 Å². The Kier molecular flexibility index (Phi) is 13.6. The van der Waals surface area contributed by atoms with E-state index in [4.69, 9.17) is 21.6 Å². The number of aromatic nitrogens is 5. The zero-order valence-corrected chi connectivity index (χ0v) is 41.4. The highest BCUT2D eigenvalue weighted by Gasteiger charge is 2.31. The number of hydrogen-bond donors (Lipinski definition) is 1. The molecule has 1 amide bonds. The lowest BCUT2D eigenvalue weighted by Gasteiger charge is -2.41. The van der Waals surface area contributed by atoms with Gasteiger partial charge in [0.1, 0.15) is 11.8 Å². The second-order valence-electron chi connectivity index (χ2n) is 19.6. The normalized spacial score (nSPS) is 19.0. The first-order chi connectivity index (χ1) is 34.3. The molecule has 1 saturated carbocycles. The molecule has 6 aromatic rings. The number of alkyl halides is 2. The summed E-state index contributed by atoms with van der Waals surface area (Å²) in [5, 5.41) is 26.6. The molecule has 18 heteroatoms. The molecule has 370 valence electrons. The summed E-state index contributed by atoms with van der Waals surface area (Å²) in [6, 6.07) is 20.6. The highest BCUT2D eigenvalue weighted by molar-refractivity contribution is 6.31. The second-order valence-corrected chi connectivity index (χ2v) is 20.0. The highest BCUT2D eigenvalue weighted by Crippen LogP contribution is 2.46. The number of ether oxygens (including phenoxy) is 1. The van der Waals surface area contributed by atoms with Gasteiger partial charge in [0.05, 0.1) is 45.5 Å². The zero-order chi connectivity index (χ0) is 49.5. The monoisotopic (exact) mass is 984 g/mol. The molecular formula is C53H59ClF2N12O3. The van der Waals surface area contributed by atoms with Gasteiger partial charge in [0, 0.05) is 126 Å². The van der Waals surface area contributed by atoms with Gasteiger partial charge in [-0.05, 0) is 112 Å². The number of nitrogens with zero attached hydrogens (tertiary/aromatic N) is 11. The van der Waals surface area contributed by atoms with Crippen LogP contribution in [0.2, 0.25) is 5.02 Å². The number of nitrogens with one attached hydrogen (secondary N) is 1. The van der Waals surface area contributed by atoms with Crippen molar-refractivity contribution in [3.05, 3.63) is 111 Å². The molecule has 4 aliphatic rings. The fourth-order valence-corrected chi connectivity index (χ4v) is 11.1. The lowest BCUT2D eigenvalue weighted by molar-refractivity contribution is 0.0888. The average molecular weight is 986 g/mol. The van der Waals surface area contributed by atoms with Crippen molar-refractivity contribution >= 4 is 57.0 Å². The number of carbonyl (C=O) groups is 1. The molecule has 3 aromatic heterocycles. The molecule has 2 saturated heterocycles. The van der Waals surface area contributed by atoms with Crippen molar-refractivity contribution in [3.63, 3.8) is 0 Å². The van der Waals surface area contributed by atoms with Crippen LogP contribution in [0.4, 0.5) is 37.3 Å². The lowest BCUT2D eigenvalue weighted by Crippen LogP contribution is -2.49. The number of fused-ring (bicyclic) bond motifs is 2. The Hall–Kier alpha value is -6.77. The van der Waals surface area contributed by atoms with Crippen LogP contribution in [-0.2, 0) is 14.1 Å². The number of amides is 1. The van der Waals surface area contributed by atoms with E-state index in [0.717, 1.165) is 118 Å². The van der Waals surface area contributed by atoms with E-state index in [0.29, 0.717) is 63.4 Å². The molecule has 15 nitrogen and oxygen atoms in total. The smallest absolute Gasteiger partial charge is 0.272 e. The number of nitriles is 1. The Morgan fingerprint density at radius 3 is 2.31 bits per heavy atom. The van der Waals surface area contributed by atoms with Crippen LogP contribution in [0.5, 0.6) is 5.75 Å². The Morgan fingerprint density at radius 1 is 0.859 bits per heavy atom. The van der Waals surface area contributed by atoms with E-state index in [2.05, 4.69) is 63.3 Å². The summed E-state index contributed by atoms with van der Waals surface area (Å²) in [6.45, 7) is 9.24. The number of halogens is 3. The summed E-state index contributed by atoms with van der Waals surface area (Å²) in [7, 11) is 5.59. The summed E-state index contributed by atoms with van der Waals surface area (Å²) in [5.74, 6) is 1.73. The van der Waals surface area contributed by atoms with Crippen molar-refractivity contribution in [2.75, 3.05) is 85.6 Å². The first-order valence-electron chi connectivity index (χ1n) is 24.6. The van der Waals surface area contributed by atoms with Gasteiger partial charge in [0.2, 0.25) is 0 Å².